The fourth-order valence-electron chi connectivity index (χ4n) is 0.545. The second kappa shape index (κ2) is 8.44. The summed E-state index contributed by atoms with van der Waals surface area (Å²) in [6, 6.07) is 0. The van der Waals surface area contributed by atoms with Crippen molar-refractivity contribution in [2.45, 2.75) is 26.2 Å². The van der Waals surface area contributed by atoms with E-state index < -0.39 is 0 Å². The molecular weight excluding hydrogens is 180 g/mol. The van der Waals surface area contributed by atoms with E-state index in [0.29, 0.717) is 0 Å². The molecule has 0 amide bonds. The summed E-state index contributed by atoms with van der Waals surface area (Å²) in [5.41, 5.74) is 0. The van der Waals surface area contributed by atoms with Crippen molar-refractivity contribution in [3.63, 3.8) is 0 Å². The number of hydrogen-bond acceptors (Lipinski definition) is 1. The van der Waals surface area contributed by atoms with Gasteiger partial charge < -0.3 is 4.74 Å². The summed E-state index contributed by atoms with van der Waals surface area (Å²) in [7, 11) is 0. The van der Waals surface area contributed by atoms with Crippen LogP contribution in [0, 0.1) is 0 Å². The Morgan fingerprint density at radius 2 is 2.00 bits per heavy atom. The summed E-state index contributed by atoms with van der Waals surface area (Å²) < 4.78 is 5.26. The van der Waals surface area contributed by atoms with Crippen molar-refractivity contribution in [2.24, 2.45) is 0 Å². The molecule has 0 radical (unpaired) electrons. The van der Waals surface area contributed by atoms with Crippen molar-refractivity contribution in [3.8, 4) is 0 Å². The molecule has 0 saturated heterocycles. The topological polar surface area (TPSA) is 9.23 Å². The summed E-state index contributed by atoms with van der Waals surface area (Å²) >= 11 is 3.36. The van der Waals surface area contributed by atoms with Crippen LogP contribution in [0.15, 0.2) is 0 Å². The lowest BCUT2D eigenvalue weighted by atomic mass is 10.4. The largest absolute Gasteiger partial charge is 0.381 e. The molecule has 0 fully saturated rings. The lowest BCUT2D eigenvalue weighted by Gasteiger charge is -1.98. The van der Waals surface area contributed by atoms with Gasteiger partial charge in [0.1, 0.15) is 0 Å². The highest BCUT2D eigenvalue weighted by Gasteiger charge is 1.85. The van der Waals surface area contributed by atoms with Crippen LogP contribution in [0.5, 0.6) is 0 Å². The first kappa shape index (κ1) is 9.44. The Morgan fingerprint density at radius 3 is 2.56 bits per heavy atom. The third kappa shape index (κ3) is 8.44. The molecule has 0 aliphatic carbocycles. The highest BCUT2D eigenvalue weighted by atomic mass is 79.9. The Kier molecular flexibility index (Phi) is 8.85. The van der Waals surface area contributed by atoms with E-state index >= 15 is 0 Å². The Balaban J connectivity index is 2.60. The van der Waals surface area contributed by atoms with Gasteiger partial charge in [-0.05, 0) is 19.3 Å². The van der Waals surface area contributed by atoms with Crippen LogP contribution >= 0.6 is 15.9 Å². The van der Waals surface area contributed by atoms with Gasteiger partial charge in [0.15, 0.2) is 0 Å². The van der Waals surface area contributed by atoms with E-state index in [1.54, 1.807) is 0 Å². The molecule has 2 heteroatoms. The van der Waals surface area contributed by atoms with Gasteiger partial charge in [-0.1, -0.05) is 22.9 Å². The molecule has 0 aliphatic rings. The highest BCUT2D eigenvalue weighted by Crippen LogP contribution is 1.94. The second-order valence-corrected chi connectivity index (χ2v) is 2.80. The van der Waals surface area contributed by atoms with Crippen LogP contribution in [0.3, 0.4) is 0 Å². The van der Waals surface area contributed by atoms with Crippen LogP contribution in [0.2, 0.25) is 0 Å². The molecular formula is C7H15BrO. The van der Waals surface area contributed by atoms with E-state index in [1.807, 2.05) is 0 Å². The monoisotopic (exact) mass is 194 g/mol. The lowest BCUT2D eigenvalue weighted by Crippen LogP contribution is -1.95. The Hall–Kier alpha value is 0.440. The number of halogens is 1. The minimum Gasteiger partial charge on any atom is -0.381 e. The van der Waals surface area contributed by atoms with E-state index in [1.165, 1.54) is 12.8 Å². The minimum absolute atomic E-state index is 0.919. The van der Waals surface area contributed by atoms with Gasteiger partial charge in [0.2, 0.25) is 0 Å². The maximum absolute atomic E-state index is 5.26. The number of unbranched alkanes of at least 4 members (excludes halogenated alkanes) is 1. The van der Waals surface area contributed by atoms with Crippen molar-refractivity contribution in [3.05, 3.63) is 0 Å². The van der Waals surface area contributed by atoms with Crippen LogP contribution in [0.1, 0.15) is 26.2 Å². The lowest BCUT2D eigenvalue weighted by molar-refractivity contribution is 0.132. The van der Waals surface area contributed by atoms with Crippen molar-refractivity contribution < 1.29 is 4.74 Å². The maximum Gasteiger partial charge on any atom is 0.0466 e. The molecule has 0 atom stereocenters. The molecule has 0 aliphatic heterocycles. The van der Waals surface area contributed by atoms with Gasteiger partial charge in [-0.25, -0.2) is 0 Å². The van der Waals surface area contributed by atoms with Crippen molar-refractivity contribution >= 4 is 15.9 Å². The van der Waals surface area contributed by atoms with Crippen LogP contribution < -0.4 is 0 Å². The molecule has 0 saturated carbocycles. The Labute approximate surface area is 65.9 Å². The average Bonchev–Trinajstić information content (AvgIpc) is 1.89. The van der Waals surface area contributed by atoms with E-state index in [0.717, 1.165) is 25.0 Å². The van der Waals surface area contributed by atoms with E-state index in [-0.39, 0.29) is 0 Å². The van der Waals surface area contributed by atoms with Gasteiger partial charge in [-0.3, -0.25) is 0 Å². The van der Waals surface area contributed by atoms with Crippen molar-refractivity contribution in [2.75, 3.05) is 18.5 Å². The first-order valence-electron chi connectivity index (χ1n) is 3.55. The maximum atomic E-state index is 5.26. The summed E-state index contributed by atoms with van der Waals surface area (Å²) in [5.74, 6) is 0. The smallest absolute Gasteiger partial charge is 0.0466 e. The highest BCUT2D eigenvalue weighted by molar-refractivity contribution is 9.09. The number of ether oxygens (including phenoxy) is 1. The van der Waals surface area contributed by atoms with Crippen molar-refractivity contribution in [1.29, 1.82) is 0 Å². The zero-order valence-corrected chi connectivity index (χ0v) is 7.61. The zero-order valence-electron chi connectivity index (χ0n) is 6.03. The first-order chi connectivity index (χ1) is 4.41. The number of hydrogen-bond donors (Lipinski definition) is 0. The standard InChI is InChI=1S/C7H15BrO/c1-2-6-9-7-4-3-5-8/h2-7H2,1H3. The van der Waals surface area contributed by atoms with Crippen LogP contribution in [0.4, 0.5) is 0 Å². The van der Waals surface area contributed by atoms with Crippen molar-refractivity contribution in [1.82, 2.24) is 0 Å². The average molecular weight is 195 g/mol. The quantitative estimate of drug-likeness (QED) is 0.467. The molecule has 0 rings (SSSR count). The first-order valence-corrected chi connectivity index (χ1v) is 4.67. The molecule has 0 N–H and O–H groups in total. The number of alkyl halides is 1. The van der Waals surface area contributed by atoms with Crippen LogP contribution in [-0.4, -0.2) is 18.5 Å². The minimum atomic E-state index is 0.919. The second-order valence-electron chi connectivity index (χ2n) is 2.01. The molecule has 0 heterocycles. The fourth-order valence-corrected chi connectivity index (χ4v) is 0.942. The molecule has 0 aromatic rings. The summed E-state index contributed by atoms with van der Waals surface area (Å²) in [6.45, 7) is 3.98. The van der Waals surface area contributed by atoms with Gasteiger partial charge >= 0.3 is 0 Å². The normalized spacial score (nSPS) is 10.0. The van der Waals surface area contributed by atoms with Crippen LogP contribution in [0.25, 0.3) is 0 Å². The zero-order chi connectivity index (χ0) is 6.95. The third-order valence-corrected chi connectivity index (χ3v) is 1.58. The van der Waals surface area contributed by atoms with Gasteiger partial charge in [-0.15, -0.1) is 0 Å². The Bertz CT molecular complexity index is 42.2. The van der Waals surface area contributed by atoms with Crippen LogP contribution in [-0.2, 0) is 4.74 Å². The summed E-state index contributed by atoms with van der Waals surface area (Å²) in [4.78, 5) is 0. The van der Waals surface area contributed by atoms with Gasteiger partial charge in [0.05, 0.1) is 0 Å². The van der Waals surface area contributed by atoms with E-state index in [4.69, 9.17) is 4.74 Å². The molecule has 0 spiro atoms. The predicted octanol–water partition coefficient (Wildman–Crippen LogP) is 2.59. The van der Waals surface area contributed by atoms with Gasteiger partial charge in [-0.2, -0.15) is 0 Å². The third-order valence-electron chi connectivity index (χ3n) is 1.02. The number of rotatable bonds is 6. The molecule has 0 aromatic carbocycles. The molecule has 0 unspecified atom stereocenters. The molecule has 0 bridgehead atoms. The fraction of sp³-hybridized carbons (Fsp3) is 1.00. The van der Waals surface area contributed by atoms with Gasteiger partial charge in [0.25, 0.3) is 0 Å². The SMILES string of the molecule is CCCOCCCCBr. The molecule has 1 nitrogen and oxygen atoms in total. The summed E-state index contributed by atoms with van der Waals surface area (Å²) in [6.07, 6.45) is 3.54. The van der Waals surface area contributed by atoms with E-state index in [9.17, 15) is 0 Å². The molecule has 0 aromatic heterocycles. The predicted molar refractivity (Wildman–Crippen MR) is 44.1 cm³/mol. The van der Waals surface area contributed by atoms with E-state index in [2.05, 4.69) is 22.9 Å². The molecule has 9 heavy (non-hydrogen) atoms. The summed E-state index contributed by atoms with van der Waals surface area (Å²) in [5, 5.41) is 1.10. The van der Waals surface area contributed by atoms with Gasteiger partial charge in [0, 0.05) is 18.5 Å². The Morgan fingerprint density at radius 1 is 1.22 bits per heavy atom. The molecule has 56 valence electrons.